The van der Waals surface area contributed by atoms with Crippen LogP contribution >= 0.6 is 23.2 Å². The molecule has 27 heavy (non-hydrogen) atoms. The van der Waals surface area contributed by atoms with Crippen molar-refractivity contribution in [1.82, 2.24) is 4.31 Å². The predicted octanol–water partition coefficient (Wildman–Crippen LogP) is 4.11. The smallest absolute Gasteiger partial charge is 0.243 e. The molecular weight excluding hydrogens is 407 g/mol. The van der Waals surface area contributed by atoms with E-state index in [1.54, 1.807) is 41.3 Å². The highest BCUT2D eigenvalue weighted by Gasteiger charge is 2.26. The van der Waals surface area contributed by atoms with E-state index in [2.05, 4.69) is 0 Å². The Labute approximate surface area is 169 Å². The summed E-state index contributed by atoms with van der Waals surface area (Å²) in [6.45, 7) is 2.28. The number of anilines is 1. The molecule has 0 saturated carbocycles. The predicted molar refractivity (Wildman–Crippen MR) is 108 cm³/mol. The van der Waals surface area contributed by atoms with Gasteiger partial charge in [-0.3, -0.25) is 4.79 Å². The first-order valence-electron chi connectivity index (χ1n) is 8.52. The number of carbonyl (C=O) groups excluding carboxylic acids is 1. The fourth-order valence-corrected chi connectivity index (χ4v) is 4.82. The standard InChI is InChI=1S/C19H20Cl2N2O3S/c1-13(24)23-10-4-6-14-11-16(8-9-18(14)23)27(25,26)22(2)12-15-5-3-7-17(20)19(15)21/h3,5,7-9,11H,4,6,10,12H2,1-2H3. The Hall–Kier alpha value is -1.60. The number of rotatable bonds is 4. The number of amides is 1. The fourth-order valence-electron chi connectivity index (χ4n) is 3.24. The molecule has 0 aliphatic carbocycles. The lowest BCUT2D eigenvalue weighted by atomic mass is 10.0. The molecule has 1 aliphatic heterocycles. The van der Waals surface area contributed by atoms with E-state index in [1.807, 2.05) is 0 Å². The van der Waals surface area contributed by atoms with Gasteiger partial charge in [-0.2, -0.15) is 4.31 Å². The maximum atomic E-state index is 13.0. The largest absolute Gasteiger partial charge is 0.312 e. The van der Waals surface area contributed by atoms with Crippen molar-refractivity contribution < 1.29 is 13.2 Å². The number of fused-ring (bicyclic) bond motifs is 1. The van der Waals surface area contributed by atoms with Gasteiger partial charge in [0.1, 0.15) is 0 Å². The topological polar surface area (TPSA) is 57.7 Å². The zero-order chi connectivity index (χ0) is 19.8. The van der Waals surface area contributed by atoms with Crippen LogP contribution < -0.4 is 4.90 Å². The third-order valence-corrected chi connectivity index (χ3v) is 7.34. The van der Waals surface area contributed by atoms with Crippen LogP contribution in [0.3, 0.4) is 0 Å². The van der Waals surface area contributed by atoms with Crippen molar-refractivity contribution in [3.05, 3.63) is 57.6 Å². The second kappa shape index (κ2) is 7.80. The average Bonchev–Trinajstić information content (AvgIpc) is 2.64. The van der Waals surface area contributed by atoms with Crippen LogP contribution in [0.4, 0.5) is 5.69 Å². The minimum atomic E-state index is -3.71. The molecule has 144 valence electrons. The molecule has 1 amide bonds. The summed E-state index contributed by atoms with van der Waals surface area (Å²) in [4.78, 5) is 13.7. The van der Waals surface area contributed by atoms with Crippen LogP contribution in [0.1, 0.15) is 24.5 Å². The second-order valence-corrected chi connectivity index (χ2v) is 9.37. The van der Waals surface area contributed by atoms with Gasteiger partial charge in [-0.1, -0.05) is 35.3 Å². The van der Waals surface area contributed by atoms with Crippen LogP contribution in [0.25, 0.3) is 0 Å². The Balaban J connectivity index is 1.91. The zero-order valence-corrected chi connectivity index (χ0v) is 17.4. The van der Waals surface area contributed by atoms with Gasteiger partial charge in [0, 0.05) is 32.7 Å². The summed E-state index contributed by atoms with van der Waals surface area (Å²) in [5.74, 6) is -0.0423. The summed E-state index contributed by atoms with van der Waals surface area (Å²) >= 11 is 12.2. The molecule has 0 spiro atoms. The van der Waals surface area contributed by atoms with Gasteiger partial charge < -0.3 is 4.90 Å². The third-order valence-electron chi connectivity index (χ3n) is 4.68. The Morgan fingerprint density at radius 1 is 1.22 bits per heavy atom. The zero-order valence-electron chi connectivity index (χ0n) is 15.1. The van der Waals surface area contributed by atoms with Gasteiger partial charge in [-0.15, -0.1) is 0 Å². The molecule has 2 aromatic carbocycles. The van der Waals surface area contributed by atoms with Crippen LogP contribution in [-0.4, -0.2) is 32.2 Å². The van der Waals surface area contributed by atoms with Gasteiger partial charge >= 0.3 is 0 Å². The number of sulfonamides is 1. The van der Waals surface area contributed by atoms with Crippen molar-refractivity contribution in [2.24, 2.45) is 0 Å². The van der Waals surface area contributed by atoms with Crippen molar-refractivity contribution >= 4 is 44.8 Å². The molecule has 0 unspecified atom stereocenters. The van der Waals surface area contributed by atoms with E-state index < -0.39 is 10.0 Å². The van der Waals surface area contributed by atoms with E-state index >= 15 is 0 Å². The van der Waals surface area contributed by atoms with Crippen molar-refractivity contribution in [3.63, 3.8) is 0 Å². The molecule has 0 N–H and O–H groups in total. The number of carbonyl (C=O) groups is 1. The monoisotopic (exact) mass is 426 g/mol. The maximum Gasteiger partial charge on any atom is 0.243 e. The van der Waals surface area contributed by atoms with Gasteiger partial charge in [0.05, 0.1) is 14.9 Å². The molecule has 0 atom stereocenters. The van der Waals surface area contributed by atoms with E-state index in [0.29, 0.717) is 22.2 Å². The van der Waals surface area contributed by atoms with Crippen LogP contribution in [0, 0.1) is 0 Å². The number of benzene rings is 2. The molecule has 0 radical (unpaired) electrons. The van der Waals surface area contributed by atoms with Gasteiger partial charge in [0.25, 0.3) is 0 Å². The van der Waals surface area contributed by atoms with Crippen LogP contribution in [-0.2, 0) is 27.8 Å². The number of hydrogen-bond donors (Lipinski definition) is 0. The number of halogens is 2. The lowest BCUT2D eigenvalue weighted by Gasteiger charge is -2.29. The molecule has 0 aromatic heterocycles. The quantitative estimate of drug-likeness (QED) is 0.738. The van der Waals surface area contributed by atoms with Crippen LogP contribution in [0.5, 0.6) is 0 Å². The summed E-state index contributed by atoms with van der Waals surface area (Å²) in [6.07, 6.45) is 1.55. The van der Waals surface area contributed by atoms with Crippen molar-refractivity contribution in [1.29, 1.82) is 0 Å². The van der Waals surface area contributed by atoms with Gasteiger partial charge in [0.2, 0.25) is 15.9 Å². The van der Waals surface area contributed by atoms with E-state index in [0.717, 1.165) is 24.1 Å². The van der Waals surface area contributed by atoms with E-state index in [-0.39, 0.29) is 17.3 Å². The molecular formula is C19H20Cl2N2O3S. The normalized spacial score (nSPS) is 14.3. The average molecular weight is 427 g/mol. The number of nitrogens with zero attached hydrogens (tertiary/aromatic N) is 2. The SMILES string of the molecule is CC(=O)N1CCCc2cc(S(=O)(=O)N(C)Cc3cccc(Cl)c3Cl)ccc21. The van der Waals surface area contributed by atoms with Gasteiger partial charge in [-0.25, -0.2) is 8.42 Å². The summed E-state index contributed by atoms with van der Waals surface area (Å²) in [7, 11) is -2.20. The highest BCUT2D eigenvalue weighted by atomic mass is 35.5. The third kappa shape index (κ3) is 3.99. The summed E-state index contributed by atoms with van der Waals surface area (Å²) in [5.41, 5.74) is 2.29. The minimum Gasteiger partial charge on any atom is -0.312 e. The van der Waals surface area contributed by atoms with Gasteiger partial charge in [-0.05, 0) is 48.2 Å². The Morgan fingerprint density at radius 2 is 1.96 bits per heavy atom. The Morgan fingerprint density at radius 3 is 2.67 bits per heavy atom. The van der Waals surface area contributed by atoms with E-state index in [4.69, 9.17) is 23.2 Å². The van der Waals surface area contributed by atoms with E-state index in [9.17, 15) is 13.2 Å². The minimum absolute atomic E-state index is 0.0423. The highest BCUT2D eigenvalue weighted by molar-refractivity contribution is 7.89. The molecule has 1 aliphatic rings. The Kier molecular flexibility index (Phi) is 5.82. The first-order valence-corrected chi connectivity index (χ1v) is 10.7. The summed E-state index contributed by atoms with van der Waals surface area (Å²) in [5, 5.41) is 0.738. The fraction of sp³-hybridized carbons (Fsp3) is 0.316. The molecule has 1 heterocycles. The first kappa shape index (κ1) is 20.1. The van der Waals surface area contributed by atoms with Crippen molar-refractivity contribution in [3.8, 4) is 0 Å². The lowest BCUT2D eigenvalue weighted by molar-refractivity contribution is -0.116. The van der Waals surface area contributed by atoms with Crippen molar-refractivity contribution in [2.75, 3.05) is 18.5 Å². The first-order chi connectivity index (χ1) is 12.7. The molecule has 0 saturated heterocycles. The molecule has 2 aromatic rings. The summed E-state index contributed by atoms with van der Waals surface area (Å²) in [6, 6.07) is 10.1. The van der Waals surface area contributed by atoms with E-state index in [1.165, 1.54) is 18.3 Å². The van der Waals surface area contributed by atoms with Gasteiger partial charge in [0.15, 0.2) is 0 Å². The molecule has 3 rings (SSSR count). The maximum absolute atomic E-state index is 13.0. The lowest BCUT2D eigenvalue weighted by Crippen LogP contribution is -2.34. The second-order valence-electron chi connectivity index (χ2n) is 6.54. The molecule has 8 heteroatoms. The Bertz CT molecular complexity index is 992. The molecule has 0 bridgehead atoms. The number of hydrogen-bond acceptors (Lipinski definition) is 3. The van der Waals surface area contributed by atoms with Crippen LogP contribution in [0.2, 0.25) is 10.0 Å². The highest BCUT2D eigenvalue weighted by Crippen LogP contribution is 2.31. The summed E-state index contributed by atoms with van der Waals surface area (Å²) < 4.78 is 27.3. The molecule has 5 nitrogen and oxygen atoms in total. The molecule has 0 fully saturated rings. The van der Waals surface area contributed by atoms with Crippen molar-refractivity contribution in [2.45, 2.75) is 31.2 Å². The number of aryl methyl sites for hydroxylation is 1. The van der Waals surface area contributed by atoms with Crippen LogP contribution in [0.15, 0.2) is 41.3 Å².